The molecule has 3 N–H and O–H groups in total. The van der Waals surface area contributed by atoms with E-state index in [0.717, 1.165) is 14.7 Å². The molecule has 4 saturated carbocycles. The minimum atomic E-state index is -5.19. The van der Waals surface area contributed by atoms with Crippen LogP contribution in [0, 0.1) is 29.6 Å². The Balaban J connectivity index is 1.20. The topological polar surface area (TPSA) is 289 Å². The molecule has 4 heterocycles. The third-order valence-corrected chi connectivity index (χ3v) is 24.4. The van der Waals surface area contributed by atoms with Gasteiger partial charge in [0.15, 0.2) is 0 Å². The number of rotatable bonds is 13. The van der Waals surface area contributed by atoms with Gasteiger partial charge in [-0.15, -0.1) is 0 Å². The normalized spacial score (nSPS) is 32.7. The molecule has 0 aromatic carbocycles. The molecule has 4 aliphatic heterocycles. The van der Waals surface area contributed by atoms with Crippen molar-refractivity contribution >= 4 is 70.9 Å². The minimum Gasteiger partial charge on any atom is -0.378 e. The molecule has 1 spiro atoms. The van der Waals surface area contributed by atoms with Crippen LogP contribution in [-0.2, 0) is 67.0 Å². The summed E-state index contributed by atoms with van der Waals surface area (Å²) in [5.41, 5.74) is -1.66. The van der Waals surface area contributed by atoms with Gasteiger partial charge in [0.25, 0.3) is 0 Å². The standard InChI is InChI=1S/C75H118F6N12O14/c1-11-45(5)63-71(103)86(7)44-61(96)88(9)55-23-16-15-19-32-92(70(55)102)57(39-46-24-27-49(76)28-25-46)68(100)85(6)43-59(94)82-53(29-26-47-37-51(77)62(52(78)38-47)75(79,80)81)67(99)93-42-50(107-14-4)40-56(93)66(98)84-74(30-20-31-74)73(105)89(10)64(48-21-17-18-22-48)72(104)91(13-3)58(69(101)90-33-35-106-36-34-90)41-60(95)87(8)54(12-2)65(97)83-63/h45-58,62-64H,11-44H2,1-10H3,(H,82,94)(H,83,97)(H,84,98)/t45-,46?,47?,49?,50+,51?,52?,53-,54-,55-,56-,57-,58-,62?,63-,64-/m0/s1. The molecule has 12 amide bonds. The smallest absolute Gasteiger partial charge is 0.378 e. The van der Waals surface area contributed by atoms with E-state index in [1.54, 1.807) is 27.7 Å². The first kappa shape index (κ1) is 85.7. The number of likely N-dealkylation sites (N-methyl/N-ethyl adjacent to an activating group) is 6. The molecule has 8 aliphatic rings. The van der Waals surface area contributed by atoms with E-state index >= 15 is 47.1 Å². The lowest BCUT2D eigenvalue weighted by atomic mass is 9.74. The van der Waals surface area contributed by atoms with Crippen LogP contribution in [0.15, 0.2) is 0 Å². The van der Waals surface area contributed by atoms with Gasteiger partial charge >= 0.3 is 6.18 Å². The van der Waals surface area contributed by atoms with Crippen molar-refractivity contribution in [3.05, 3.63) is 0 Å². The molecule has 0 aromatic heterocycles. The quantitative estimate of drug-likeness (QED) is 0.198. The summed E-state index contributed by atoms with van der Waals surface area (Å²) in [7, 11) is 6.95. The number of carbonyl (C=O) groups excluding carboxylic acids is 12. The zero-order valence-corrected chi connectivity index (χ0v) is 64.4. The van der Waals surface area contributed by atoms with Gasteiger partial charge in [0, 0.05) is 81.0 Å². The van der Waals surface area contributed by atoms with Gasteiger partial charge in [0.05, 0.1) is 38.8 Å². The Bertz CT molecular complexity index is 3120. The van der Waals surface area contributed by atoms with Gasteiger partial charge in [-0.3, -0.25) is 57.5 Å². The van der Waals surface area contributed by atoms with E-state index in [1.165, 1.54) is 64.6 Å². The van der Waals surface area contributed by atoms with Crippen LogP contribution in [0.3, 0.4) is 0 Å². The molecule has 12 atom stereocenters. The predicted octanol–water partition coefficient (Wildman–Crippen LogP) is 5.26. The third-order valence-electron chi connectivity index (χ3n) is 24.4. The Labute approximate surface area is 625 Å². The molecular formula is C75H118F6N12O14. The molecule has 32 heteroatoms. The van der Waals surface area contributed by atoms with E-state index in [1.807, 2.05) is 6.92 Å². The van der Waals surface area contributed by atoms with Gasteiger partial charge in [0.2, 0.25) is 70.9 Å². The fourth-order valence-electron chi connectivity index (χ4n) is 17.7. The van der Waals surface area contributed by atoms with Crippen molar-refractivity contribution < 1.29 is 93.4 Å². The van der Waals surface area contributed by atoms with Crippen molar-refractivity contribution in [3.63, 3.8) is 0 Å². The summed E-state index contributed by atoms with van der Waals surface area (Å²) >= 11 is 0. The van der Waals surface area contributed by atoms with Crippen molar-refractivity contribution in [2.24, 2.45) is 29.6 Å². The summed E-state index contributed by atoms with van der Waals surface area (Å²) in [6.07, 6.45) is -9.06. The highest BCUT2D eigenvalue weighted by molar-refractivity contribution is 6.01. The lowest BCUT2D eigenvalue weighted by molar-refractivity contribution is -0.219. The highest BCUT2D eigenvalue weighted by atomic mass is 19.4. The van der Waals surface area contributed by atoms with Crippen LogP contribution >= 0.6 is 0 Å². The number of nitrogens with one attached hydrogen (secondary N) is 3. The molecule has 4 aliphatic carbocycles. The molecule has 4 saturated heterocycles. The van der Waals surface area contributed by atoms with Gasteiger partial charge in [-0.25, -0.2) is 13.2 Å². The van der Waals surface area contributed by atoms with E-state index < -0.39 is 218 Å². The molecule has 107 heavy (non-hydrogen) atoms. The van der Waals surface area contributed by atoms with Crippen molar-refractivity contribution in [1.82, 2.24) is 60.0 Å². The highest BCUT2D eigenvalue weighted by Crippen LogP contribution is 2.45. The van der Waals surface area contributed by atoms with E-state index in [4.69, 9.17) is 9.47 Å². The first-order chi connectivity index (χ1) is 50.7. The molecule has 26 nitrogen and oxygen atoms in total. The molecule has 8 fully saturated rings. The molecule has 0 radical (unpaired) electrons. The molecule has 2 bridgehead atoms. The number of hydrogen-bond donors (Lipinski definition) is 3. The average Bonchev–Trinajstić information content (AvgIpc) is 1.65. The maximum atomic E-state index is 15.9. The summed E-state index contributed by atoms with van der Waals surface area (Å²) in [6, 6.07) is -10.7. The van der Waals surface area contributed by atoms with Crippen LogP contribution in [0.4, 0.5) is 26.3 Å². The second kappa shape index (κ2) is 38.2. The first-order valence-electron chi connectivity index (χ1n) is 39.3. The Hall–Kier alpha value is -6.86. The van der Waals surface area contributed by atoms with Gasteiger partial charge in [-0.1, -0.05) is 52.9 Å². The van der Waals surface area contributed by atoms with E-state index in [-0.39, 0.29) is 116 Å². The Morgan fingerprint density at radius 1 is 0.626 bits per heavy atom. The monoisotopic (exact) mass is 1520 g/mol. The number of amides is 12. The fraction of sp³-hybridized carbons (Fsp3) is 0.840. The Morgan fingerprint density at radius 2 is 1.26 bits per heavy atom. The van der Waals surface area contributed by atoms with Crippen LogP contribution in [0.5, 0.6) is 0 Å². The number of halogens is 6. The van der Waals surface area contributed by atoms with Crippen LogP contribution in [0.25, 0.3) is 0 Å². The second-order valence-corrected chi connectivity index (χ2v) is 31.5. The zero-order chi connectivity index (χ0) is 78.5. The van der Waals surface area contributed by atoms with Gasteiger partial charge in [-0.05, 0) is 147 Å². The van der Waals surface area contributed by atoms with Crippen LogP contribution < -0.4 is 16.0 Å². The van der Waals surface area contributed by atoms with Gasteiger partial charge < -0.3 is 69.5 Å². The summed E-state index contributed by atoms with van der Waals surface area (Å²) in [5, 5.41) is 8.54. The van der Waals surface area contributed by atoms with E-state index in [9.17, 15) is 36.7 Å². The van der Waals surface area contributed by atoms with Crippen molar-refractivity contribution in [2.75, 3.05) is 101 Å². The number of ether oxygens (including phenoxy) is 2. The first-order valence-corrected chi connectivity index (χ1v) is 39.3. The Kier molecular flexibility index (Phi) is 30.6. The molecule has 604 valence electrons. The van der Waals surface area contributed by atoms with Gasteiger partial charge in [0.1, 0.15) is 78.3 Å². The largest absolute Gasteiger partial charge is 0.397 e. The lowest BCUT2D eigenvalue weighted by Gasteiger charge is -2.47. The van der Waals surface area contributed by atoms with E-state index in [2.05, 4.69) is 16.0 Å². The molecule has 0 aromatic rings. The van der Waals surface area contributed by atoms with Crippen molar-refractivity contribution in [2.45, 2.75) is 273 Å². The number of fused-ring (bicyclic) bond motifs is 3. The predicted molar refractivity (Wildman–Crippen MR) is 381 cm³/mol. The van der Waals surface area contributed by atoms with Crippen LogP contribution in [-0.4, -0.2) is 301 Å². The summed E-state index contributed by atoms with van der Waals surface area (Å²) in [6.45, 7) is 7.57. The number of morpholine rings is 1. The minimum absolute atomic E-state index is 0.0277. The summed E-state index contributed by atoms with van der Waals surface area (Å²) in [5.74, 6) is -13.8. The average molecular weight is 1530 g/mol. The second-order valence-electron chi connectivity index (χ2n) is 31.5. The highest BCUT2D eigenvalue weighted by Gasteiger charge is 2.56. The van der Waals surface area contributed by atoms with Crippen LogP contribution in [0.1, 0.15) is 189 Å². The van der Waals surface area contributed by atoms with Crippen molar-refractivity contribution in [1.29, 1.82) is 0 Å². The summed E-state index contributed by atoms with van der Waals surface area (Å²) in [4.78, 5) is 194. The third kappa shape index (κ3) is 20.6. The maximum Gasteiger partial charge on any atom is 0.397 e. The fourth-order valence-corrected chi connectivity index (χ4v) is 17.7. The SMILES string of the molecule is CCO[C@@H]1C[C@H]2C(=O)NC3(CCC3)C(=O)N(C)[C@@H](C3CCCC3)C(=O)N(CC)[C@H](C(=O)N3CCOCC3)CC(=O)N(C)[C@@H](CC)C(=O)N[C@@H]([C@@H](C)CC)C(=O)N(C)CC(=O)N(C)[C@H]3CCCCCN(C3=O)[C@@H](CC3CCC(F)CC3)C(=O)N(C)CC(=O)N[C@@H](CCC3CC(F)C(C(F)(F)F)C(F)C3)C(=O)N2C1. The maximum absolute atomic E-state index is 15.9. The van der Waals surface area contributed by atoms with E-state index in [0.29, 0.717) is 70.6 Å². The number of carbonyl (C=O) groups is 12. The molecular weight excluding hydrogens is 1410 g/mol. The Morgan fingerprint density at radius 3 is 1.85 bits per heavy atom. The number of nitrogens with zero attached hydrogens (tertiary/aromatic N) is 9. The van der Waals surface area contributed by atoms with Crippen molar-refractivity contribution in [3.8, 4) is 0 Å². The number of hydrogen-bond acceptors (Lipinski definition) is 14. The lowest BCUT2D eigenvalue weighted by Crippen LogP contribution is -2.68. The summed E-state index contributed by atoms with van der Waals surface area (Å²) < 4.78 is 99.3. The number of alkyl halides is 6. The zero-order valence-electron chi connectivity index (χ0n) is 64.4. The molecule has 8 rings (SSSR count). The van der Waals surface area contributed by atoms with Gasteiger partial charge in [-0.2, -0.15) is 13.2 Å². The molecule has 2 unspecified atom stereocenters. The van der Waals surface area contributed by atoms with Crippen LogP contribution in [0.2, 0.25) is 0 Å².